The van der Waals surface area contributed by atoms with Crippen molar-refractivity contribution >= 4 is 11.9 Å². The summed E-state index contributed by atoms with van der Waals surface area (Å²) in [7, 11) is 1.41. The van der Waals surface area contributed by atoms with Gasteiger partial charge < -0.3 is 14.6 Å². The summed E-state index contributed by atoms with van der Waals surface area (Å²) in [5.74, 6) is 0.567. The molecule has 0 aliphatic heterocycles. The zero-order valence-electron chi connectivity index (χ0n) is 13.4. The molecule has 2 aliphatic carbocycles. The quantitative estimate of drug-likeness (QED) is 0.463. The summed E-state index contributed by atoms with van der Waals surface area (Å²) in [5, 5.41) is 9.62. The summed E-state index contributed by atoms with van der Waals surface area (Å²) >= 11 is 0. The SMILES string of the molecule is COC(=O)CCCC=C1C[C@@H]2C[C@@H](OC(C)=O)[C@H](CO)[C@@H]2C1. The van der Waals surface area contributed by atoms with E-state index in [9.17, 15) is 14.7 Å². The first-order valence-electron chi connectivity index (χ1n) is 8.08. The van der Waals surface area contributed by atoms with Gasteiger partial charge in [0.1, 0.15) is 6.10 Å². The van der Waals surface area contributed by atoms with E-state index < -0.39 is 0 Å². The molecule has 0 aromatic heterocycles. The topological polar surface area (TPSA) is 72.8 Å². The number of rotatable bonds is 6. The number of unbranched alkanes of at least 4 members (excludes halogenated alkanes) is 1. The van der Waals surface area contributed by atoms with Crippen LogP contribution in [0.3, 0.4) is 0 Å². The van der Waals surface area contributed by atoms with Gasteiger partial charge in [-0.3, -0.25) is 9.59 Å². The highest BCUT2D eigenvalue weighted by Gasteiger charge is 2.47. The van der Waals surface area contributed by atoms with E-state index in [4.69, 9.17) is 4.74 Å². The number of esters is 2. The number of hydrogen-bond acceptors (Lipinski definition) is 5. The van der Waals surface area contributed by atoms with E-state index >= 15 is 0 Å². The molecule has 0 radical (unpaired) electrons. The molecular weight excluding hydrogens is 284 g/mol. The largest absolute Gasteiger partial charge is 0.469 e. The van der Waals surface area contributed by atoms with Gasteiger partial charge in [0.05, 0.1) is 7.11 Å². The predicted octanol–water partition coefficient (Wildman–Crippen LogP) is 2.23. The maximum absolute atomic E-state index is 11.1. The van der Waals surface area contributed by atoms with Crippen molar-refractivity contribution in [3.05, 3.63) is 11.6 Å². The molecule has 4 atom stereocenters. The van der Waals surface area contributed by atoms with E-state index in [2.05, 4.69) is 10.8 Å². The van der Waals surface area contributed by atoms with Crippen LogP contribution in [0, 0.1) is 17.8 Å². The third kappa shape index (κ3) is 4.09. The van der Waals surface area contributed by atoms with Gasteiger partial charge in [0, 0.05) is 25.9 Å². The third-order valence-corrected chi connectivity index (χ3v) is 4.96. The van der Waals surface area contributed by atoms with Gasteiger partial charge >= 0.3 is 11.9 Å². The van der Waals surface area contributed by atoms with E-state index in [1.165, 1.54) is 19.6 Å². The predicted molar refractivity (Wildman–Crippen MR) is 80.9 cm³/mol. The van der Waals surface area contributed by atoms with Gasteiger partial charge in [0.15, 0.2) is 0 Å². The first kappa shape index (κ1) is 17.0. The van der Waals surface area contributed by atoms with Crippen LogP contribution in [0.25, 0.3) is 0 Å². The number of methoxy groups -OCH3 is 1. The second kappa shape index (κ2) is 7.77. The number of fused-ring (bicyclic) bond motifs is 1. The molecule has 2 rings (SSSR count). The maximum atomic E-state index is 11.1. The van der Waals surface area contributed by atoms with Crippen molar-refractivity contribution in [1.29, 1.82) is 0 Å². The minimum absolute atomic E-state index is 0.0647. The van der Waals surface area contributed by atoms with Crippen molar-refractivity contribution in [2.45, 2.75) is 51.6 Å². The Balaban J connectivity index is 1.83. The fourth-order valence-corrected chi connectivity index (χ4v) is 3.97. The summed E-state index contributed by atoms with van der Waals surface area (Å²) in [6, 6.07) is 0. The molecule has 0 saturated heterocycles. The molecule has 124 valence electrons. The van der Waals surface area contributed by atoms with Gasteiger partial charge in [-0.1, -0.05) is 11.6 Å². The van der Waals surface area contributed by atoms with Gasteiger partial charge in [0.25, 0.3) is 0 Å². The number of aliphatic hydroxyl groups is 1. The molecule has 2 fully saturated rings. The Bertz CT molecular complexity index is 442. The number of carbonyl (C=O) groups excluding carboxylic acids is 2. The zero-order chi connectivity index (χ0) is 16.1. The lowest BCUT2D eigenvalue weighted by Crippen LogP contribution is -2.27. The summed E-state index contributed by atoms with van der Waals surface area (Å²) in [6.07, 6.45) is 7.13. The average molecular weight is 310 g/mol. The number of allylic oxidation sites excluding steroid dienone is 2. The molecule has 0 bridgehead atoms. The minimum atomic E-state index is -0.262. The standard InChI is InChI=1S/C17H26O5/c1-11(19)22-16-9-13-7-12(8-14(13)15(16)10-18)5-3-4-6-17(20)21-2/h5,13-16,18H,3-4,6-10H2,1-2H3/t13-,14-,15-,16-/m1/s1. The van der Waals surface area contributed by atoms with Gasteiger partial charge in [-0.25, -0.2) is 0 Å². The van der Waals surface area contributed by atoms with Crippen LogP contribution < -0.4 is 0 Å². The molecule has 0 amide bonds. The lowest BCUT2D eigenvalue weighted by Gasteiger charge is -2.21. The molecule has 0 aromatic rings. The second-order valence-electron chi connectivity index (χ2n) is 6.39. The van der Waals surface area contributed by atoms with Crippen LogP contribution in [-0.4, -0.2) is 36.9 Å². The summed E-state index contributed by atoms with van der Waals surface area (Å²) < 4.78 is 9.98. The van der Waals surface area contributed by atoms with Crippen molar-refractivity contribution in [2.24, 2.45) is 17.8 Å². The van der Waals surface area contributed by atoms with Crippen LogP contribution in [0.5, 0.6) is 0 Å². The Morgan fingerprint density at radius 1 is 1.36 bits per heavy atom. The summed E-state index contributed by atoms with van der Waals surface area (Å²) in [6.45, 7) is 1.50. The molecule has 0 heterocycles. The van der Waals surface area contributed by atoms with E-state index in [0.717, 1.165) is 32.1 Å². The lowest BCUT2D eigenvalue weighted by molar-refractivity contribution is -0.149. The van der Waals surface area contributed by atoms with Gasteiger partial charge in [0.2, 0.25) is 0 Å². The molecule has 2 saturated carbocycles. The Kier molecular flexibility index (Phi) is 6.00. The molecule has 0 unspecified atom stereocenters. The van der Waals surface area contributed by atoms with Gasteiger partial charge in [-0.05, 0) is 43.9 Å². The lowest BCUT2D eigenvalue weighted by atomic mass is 9.92. The third-order valence-electron chi connectivity index (χ3n) is 4.96. The first-order chi connectivity index (χ1) is 10.5. The average Bonchev–Trinajstić information content (AvgIpc) is 2.99. The fourth-order valence-electron chi connectivity index (χ4n) is 3.97. The number of hydrogen-bond donors (Lipinski definition) is 1. The highest BCUT2D eigenvalue weighted by molar-refractivity contribution is 5.69. The molecule has 2 aliphatic rings. The van der Waals surface area contributed by atoms with Crippen LogP contribution in [0.2, 0.25) is 0 Å². The highest BCUT2D eigenvalue weighted by atomic mass is 16.5. The van der Waals surface area contributed by atoms with Crippen molar-refractivity contribution in [3.63, 3.8) is 0 Å². The van der Waals surface area contributed by atoms with Gasteiger partial charge in [-0.2, -0.15) is 0 Å². The van der Waals surface area contributed by atoms with Gasteiger partial charge in [-0.15, -0.1) is 0 Å². The molecule has 0 spiro atoms. The number of carbonyl (C=O) groups is 2. The first-order valence-corrected chi connectivity index (χ1v) is 8.08. The Morgan fingerprint density at radius 3 is 2.77 bits per heavy atom. The van der Waals surface area contributed by atoms with Crippen LogP contribution in [0.4, 0.5) is 0 Å². The van der Waals surface area contributed by atoms with Crippen LogP contribution in [0.1, 0.15) is 45.4 Å². The number of aliphatic hydroxyl groups excluding tert-OH is 1. The van der Waals surface area contributed by atoms with Crippen LogP contribution in [0.15, 0.2) is 11.6 Å². The molecule has 0 aromatic carbocycles. The Labute approximate surface area is 131 Å². The smallest absolute Gasteiger partial charge is 0.305 e. The van der Waals surface area contributed by atoms with Crippen LogP contribution in [-0.2, 0) is 19.1 Å². The van der Waals surface area contributed by atoms with E-state index in [1.807, 2.05) is 0 Å². The van der Waals surface area contributed by atoms with E-state index in [0.29, 0.717) is 18.3 Å². The minimum Gasteiger partial charge on any atom is -0.469 e. The monoisotopic (exact) mass is 310 g/mol. The van der Waals surface area contributed by atoms with Crippen molar-refractivity contribution in [3.8, 4) is 0 Å². The maximum Gasteiger partial charge on any atom is 0.305 e. The normalized spacial score (nSPS) is 32.0. The zero-order valence-corrected chi connectivity index (χ0v) is 13.4. The van der Waals surface area contributed by atoms with Crippen molar-refractivity contribution < 1.29 is 24.2 Å². The number of ether oxygens (including phenoxy) is 2. The molecule has 5 nitrogen and oxygen atoms in total. The highest BCUT2D eigenvalue weighted by Crippen LogP contribution is 2.50. The van der Waals surface area contributed by atoms with E-state index in [1.54, 1.807) is 0 Å². The fraction of sp³-hybridized carbons (Fsp3) is 0.765. The molecular formula is C17H26O5. The molecule has 1 N–H and O–H groups in total. The Morgan fingerprint density at radius 2 is 2.14 bits per heavy atom. The van der Waals surface area contributed by atoms with Crippen molar-refractivity contribution in [1.82, 2.24) is 0 Å². The summed E-state index contributed by atoms with van der Waals surface area (Å²) in [5.41, 5.74) is 1.42. The second-order valence-corrected chi connectivity index (χ2v) is 6.39. The van der Waals surface area contributed by atoms with Crippen molar-refractivity contribution in [2.75, 3.05) is 13.7 Å². The summed E-state index contributed by atoms with van der Waals surface area (Å²) in [4.78, 5) is 22.2. The van der Waals surface area contributed by atoms with Crippen LogP contribution >= 0.6 is 0 Å². The molecule has 22 heavy (non-hydrogen) atoms. The molecule has 5 heteroatoms. The Hall–Kier alpha value is -1.36. The van der Waals surface area contributed by atoms with E-state index in [-0.39, 0.29) is 30.6 Å².